The van der Waals surface area contributed by atoms with Crippen LogP contribution in [0.4, 0.5) is 0 Å². The first-order valence-electron chi connectivity index (χ1n) is 7.72. The van der Waals surface area contributed by atoms with Crippen LogP contribution in [0.5, 0.6) is 0 Å². The van der Waals surface area contributed by atoms with E-state index in [1.54, 1.807) is 0 Å². The van der Waals surface area contributed by atoms with Crippen molar-refractivity contribution in [2.75, 3.05) is 33.2 Å². The number of hydrogen-bond acceptors (Lipinski definition) is 3. The minimum Gasteiger partial charge on any atom is -0.341 e. The number of carbonyl (C=O) groups excluding carboxylic acids is 1. The van der Waals surface area contributed by atoms with Gasteiger partial charge in [0.25, 0.3) is 0 Å². The van der Waals surface area contributed by atoms with E-state index < -0.39 is 0 Å². The lowest BCUT2D eigenvalue weighted by Crippen LogP contribution is -2.47. The van der Waals surface area contributed by atoms with Crippen molar-refractivity contribution in [2.24, 2.45) is 23.5 Å². The van der Waals surface area contributed by atoms with Crippen LogP contribution in [0.25, 0.3) is 0 Å². The van der Waals surface area contributed by atoms with Gasteiger partial charge in [-0.1, -0.05) is 13.8 Å². The molecule has 1 aliphatic heterocycles. The number of nitrogens with zero attached hydrogens (tertiary/aromatic N) is 2. The molecule has 0 spiro atoms. The minimum absolute atomic E-state index is 0.148. The summed E-state index contributed by atoms with van der Waals surface area (Å²) in [4.78, 5) is 17.1. The summed E-state index contributed by atoms with van der Waals surface area (Å²) >= 11 is 0. The zero-order chi connectivity index (χ0) is 14.0. The van der Waals surface area contributed by atoms with Crippen molar-refractivity contribution in [3.8, 4) is 0 Å². The third-order valence-electron chi connectivity index (χ3n) is 5.04. The van der Waals surface area contributed by atoms with Crippen LogP contribution in [0.1, 0.15) is 33.1 Å². The Kier molecular flexibility index (Phi) is 4.85. The third-order valence-corrected chi connectivity index (χ3v) is 5.04. The van der Waals surface area contributed by atoms with Gasteiger partial charge in [-0.25, -0.2) is 0 Å². The summed E-state index contributed by atoms with van der Waals surface area (Å²) in [5.74, 6) is 1.53. The molecule has 4 atom stereocenters. The Balaban J connectivity index is 1.98. The molecule has 0 radical (unpaired) electrons. The van der Waals surface area contributed by atoms with Crippen molar-refractivity contribution in [1.82, 2.24) is 9.80 Å². The molecule has 1 amide bonds. The van der Waals surface area contributed by atoms with Gasteiger partial charge < -0.3 is 15.5 Å². The molecule has 0 aromatic carbocycles. The van der Waals surface area contributed by atoms with E-state index in [1.807, 2.05) is 0 Å². The van der Waals surface area contributed by atoms with E-state index in [4.69, 9.17) is 5.73 Å². The van der Waals surface area contributed by atoms with Gasteiger partial charge >= 0.3 is 0 Å². The molecule has 110 valence electrons. The summed E-state index contributed by atoms with van der Waals surface area (Å²) in [7, 11) is 2.13. The summed E-state index contributed by atoms with van der Waals surface area (Å²) in [5, 5.41) is 0. The smallest absolute Gasteiger partial charge is 0.226 e. The number of hydrogen-bond donors (Lipinski definition) is 1. The molecular weight excluding hydrogens is 238 g/mol. The predicted molar refractivity (Wildman–Crippen MR) is 77.7 cm³/mol. The van der Waals surface area contributed by atoms with Crippen LogP contribution in [0.3, 0.4) is 0 Å². The first-order valence-corrected chi connectivity index (χ1v) is 7.72. The van der Waals surface area contributed by atoms with Crippen molar-refractivity contribution in [3.05, 3.63) is 0 Å². The van der Waals surface area contributed by atoms with E-state index in [1.165, 1.54) is 0 Å². The van der Waals surface area contributed by atoms with Crippen molar-refractivity contribution in [3.63, 3.8) is 0 Å². The lowest BCUT2D eigenvalue weighted by atomic mass is 9.72. The molecule has 1 heterocycles. The molecule has 19 heavy (non-hydrogen) atoms. The van der Waals surface area contributed by atoms with E-state index in [0.717, 1.165) is 45.4 Å². The molecule has 2 N–H and O–H groups in total. The molecule has 0 aromatic heterocycles. The van der Waals surface area contributed by atoms with Crippen molar-refractivity contribution < 1.29 is 4.79 Å². The second-order valence-corrected chi connectivity index (χ2v) is 6.68. The number of carbonyl (C=O) groups is 1. The van der Waals surface area contributed by atoms with E-state index in [-0.39, 0.29) is 12.0 Å². The molecule has 0 bridgehead atoms. The van der Waals surface area contributed by atoms with Crippen molar-refractivity contribution >= 4 is 5.91 Å². The van der Waals surface area contributed by atoms with Gasteiger partial charge in [-0.15, -0.1) is 0 Å². The summed E-state index contributed by atoms with van der Waals surface area (Å²) in [6.45, 7) is 8.31. The maximum absolute atomic E-state index is 12.7. The molecular formula is C15H29N3O. The highest BCUT2D eigenvalue weighted by molar-refractivity contribution is 5.79. The maximum atomic E-state index is 12.7. The first kappa shape index (κ1) is 14.8. The van der Waals surface area contributed by atoms with Crippen LogP contribution < -0.4 is 5.73 Å². The van der Waals surface area contributed by atoms with Gasteiger partial charge in [-0.3, -0.25) is 4.79 Å². The molecule has 4 nitrogen and oxygen atoms in total. The number of amides is 1. The molecule has 0 aromatic rings. The Hall–Kier alpha value is -0.610. The summed E-state index contributed by atoms with van der Waals surface area (Å²) < 4.78 is 0. The summed E-state index contributed by atoms with van der Waals surface area (Å²) in [5.41, 5.74) is 6.17. The van der Waals surface area contributed by atoms with Crippen LogP contribution in [-0.2, 0) is 4.79 Å². The zero-order valence-electron chi connectivity index (χ0n) is 12.6. The quantitative estimate of drug-likeness (QED) is 0.775. The van der Waals surface area contributed by atoms with E-state index in [2.05, 4.69) is 30.7 Å². The minimum atomic E-state index is 0.148. The van der Waals surface area contributed by atoms with Gasteiger partial charge in [0.1, 0.15) is 0 Å². The second-order valence-electron chi connectivity index (χ2n) is 6.68. The van der Waals surface area contributed by atoms with Crippen LogP contribution in [0, 0.1) is 17.8 Å². The van der Waals surface area contributed by atoms with Gasteiger partial charge in [0.05, 0.1) is 0 Å². The lowest BCUT2D eigenvalue weighted by Gasteiger charge is -2.38. The fourth-order valence-electron chi connectivity index (χ4n) is 3.53. The maximum Gasteiger partial charge on any atom is 0.226 e. The van der Waals surface area contributed by atoms with Crippen LogP contribution in [0.2, 0.25) is 0 Å². The first-order chi connectivity index (χ1) is 8.99. The van der Waals surface area contributed by atoms with Gasteiger partial charge in [-0.05, 0) is 44.7 Å². The Morgan fingerprint density at radius 1 is 1.05 bits per heavy atom. The topological polar surface area (TPSA) is 49.6 Å². The molecule has 2 fully saturated rings. The molecule has 4 unspecified atom stereocenters. The zero-order valence-corrected chi connectivity index (χ0v) is 12.6. The van der Waals surface area contributed by atoms with Gasteiger partial charge in [-0.2, -0.15) is 0 Å². The Labute approximate surface area is 117 Å². The second kappa shape index (κ2) is 6.23. The van der Waals surface area contributed by atoms with Crippen LogP contribution >= 0.6 is 0 Å². The molecule has 1 saturated heterocycles. The average Bonchev–Trinajstić information content (AvgIpc) is 2.58. The van der Waals surface area contributed by atoms with Crippen LogP contribution in [-0.4, -0.2) is 55.0 Å². The predicted octanol–water partition coefficient (Wildman–Crippen LogP) is 1.16. The third kappa shape index (κ3) is 3.48. The van der Waals surface area contributed by atoms with Crippen molar-refractivity contribution in [2.45, 2.75) is 39.2 Å². The lowest BCUT2D eigenvalue weighted by molar-refractivity contribution is -0.138. The highest BCUT2D eigenvalue weighted by Crippen LogP contribution is 2.34. The standard InChI is InChI=1S/C15H29N3O/c1-11-9-12(2)14(16)10-13(11)15(19)18-6-4-5-17(3)7-8-18/h11-14H,4-10,16H2,1-3H3. The molecule has 4 heteroatoms. The van der Waals surface area contributed by atoms with E-state index in [9.17, 15) is 4.79 Å². The number of rotatable bonds is 1. The molecule has 1 saturated carbocycles. The van der Waals surface area contributed by atoms with Crippen LogP contribution in [0.15, 0.2) is 0 Å². The van der Waals surface area contributed by atoms with Gasteiger partial charge in [0.15, 0.2) is 0 Å². The summed E-state index contributed by atoms with van der Waals surface area (Å²) in [6, 6.07) is 0.194. The molecule has 2 aliphatic rings. The normalized spacial score (nSPS) is 38.0. The molecule has 1 aliphatic carbocycles. The summed E-state index contributed by atoms with van der Waals surface area (Å²) in [6.07, 6.45) is 3.05. The highest BCUT2D eigenvalue weighted by atomic mass is 16.2. The Morgan fingerprint density at radius 3 is 2.53 bits per heavy atom. The van der Waals surface area contributed by atoms with Crippen molar-refractivity contribution in [1.29, 1.82) is 0 Å². The average molecular weight is 267 g/mol. The molecule has 2 rings (SSSR count). The number of nitrogens with two attached hydrogens (primary N) is 1. The van der Waals surface area contributed by atoms with E-state index in [0.29, 0.717) is 17.7 Å². The largest absolute Gasteiger partial charge is 0.341 e. The SMILES string of the molecule is CC1CC(C)C(C(=O)N2CCCN(C)CC2)CC1N. The van der Waals surface area contributed by atoms with Gasteiger partial charge in [0.2, 0.25) is 5.91 Å². The number of likely N-dealkylation sites (N-methyl/N-ethyl adjacent to an activating group) is 1. The Morgan fingerprint density at radius 2 is 1.79 bits per heavy atom. The highest BCUT2D eigenvalue weighted by Gasteiger charge is 2.37. The van der Waals surface area contributed by atoms with E-state index >= 15 is 0 Å². The monoisotopic (exact) mass is 267 g/mol. The Bertz CT molecular complexity index is 321. The van der Waals surface area contributed by atoms with Gasteiger partial charge in [0, 0.05) is 31.6 Å². The fourth-order valence-corrected chi connectivity index (χ4v) is 3.53. The fraction of sp³-hybridized carbons (Fsp3) is 0.933.